The molecule has 0 spiro atoms. The first-order valence-electron chi connectivity index (χ1n) is 9.44. The molecular formula is C23H21F2N3O2S. The number of carbonyl (C=O) groups is 1. The second-order valence-electron chi connectivity index (χ2n) is 6.59. The van der Waals surface area contributed by atoms with Crippen molar-refractivity contribution in [3.63, 3.8) is 0 Å². The Labute approximate surface area is 183 Å². The number of amides is 1. The van der Waals surface area contributed by atoms with Crippen molar-refractivity contribution in [1.82, 2.24) is 4.98 Å². The van der Waals surface area contributed by atoms with Gasteiger partial charge in [-0.2, -0.15) is 0 Å². The molecule has 0 atom stereocenters. The number of nitrogens with zero attached hydrogens (tertiary/aromatic N) is 2. The van der Waals surface area contributed by atoms with Gasteiger partial charge in [-0.3, -0.25) is 4.79 Å². The molecular weight excluding hydrogens is 420 g/mol. The second kappa shape index (κ2) is 10.1. The molecule has 2 aromatic carbocycles. The number of halogens is 2. The van der Waals surface area contributed by atoms with Gasteiger partial charge in [0, 0.05) is 11.3 Å². The van der Waals surface area contributed by atoms with Crippen molar-refractivity contribution in [3.8, 4) is 11.1 Å². The van der Waals surface area contributed by atoms with Crippen molar-refractivity contribution >= 4 is 28.6 Å². The van der Waals surface area contributed by atoms with Gasteiger partial charge in [0.1, 0.15) is 17.2 Å². The standard InChI is InChI=1S/C23H21F2N3O2S/c1-4-13-30-28-14(2)16-9-11-17(12-10-16)18-7-5-6-8-19(18)27-23(29)21-20(22(24)25)26-15(3)31-21/h4-12,22H,1,13H2,2-3H3,(H,27,29)/b28-14-. The maximum Gasteiger partial charge on any atom is 0.282 e. The van der Waals surface area contributed by atoms with Gasteiger partial charge in [-0.05, 0) is 31.0 Å². The highest BCUT2D eigenvalue weighted by Gasteiger charge is 2.24. The summed E-state index contributed by atoms with van der Waals surface area (Å²) < 4.78 is 26.5. The number of carbonyl (C=O) groups excluding carboxylic acids is 1. The quantitative estimate of drug-likeness (QED) is 0.195. The van der Waals surface area contributed by atoms with Crippen molar-refractivity contribution < 1.29 is 18.4 Å². The normalized spacial score (nSPS) is 11.5. The van der Waals surface area contributed by atoms with Crippen LogP contribution in [-0.2, 0) is 4.84 Å². The summed E-state index contributed by atoms with van der Waals surface area (Å²) in [6.45, 7) is 7.33. The van der Waals surface area contributed by atoms with Crippen molar-refractivity contribution in [2.45, 2.75) is 20.3 Å². The number of hydrogen-bond donors (Lipinski definition) is 1. The van der Waals surface area contributed by atoms with E-state index < -0.39 is 18.0 Å². The van der Waals surface area contributed by atoms with E-state index in [1.54, 1.807) is 25.1 Å². The number of anilines is 1. The number of nitrogens with one attached hydrogen (secondary N) is 1. The molecule has 3 rings (SSSR count). The van der Waals surface area contributed by atoms with Crippen LogP contribution in [0.1, 0.15) is 39.3 Å². The summed E-state index contributed by atoms with van der Waals surface area (Å²) in [5.41, 5.74) is 3.25. The lowest BCUT2D eigenvalue weighted by atomic mass is 10.0. The lowest BCUT2D eigenvalue weighted by Crippen LogP contribution is -2.13. The Kier molecular flexibility index (Phi) is 7.25. The highest BCUT2D eigenvalue weighted by Crippen LogP contribution is 2.31. The van der Waals surface area contributed by atoms with E-state index >= 15 is 0 Å². The second-order valence-corrected chi connectivity index (χ2v) is 7.79. The first-order chi connectivity index (χ1) is 14.9. The summed E-state index contributed by atoms with van der Waals surface area (Å²) in [6, 6.07) is 14.8. The van der Waals surface area contributed by atoms with E-state index in [-0.39, 0.29) is 4.88 Å². The zero-order valence-corrected chi connectivity index (χ0v) is 17.9. The van der Waals surface area contributed by atoms with Crippen LogP contribution in [0.15, 0.2) is 66.3 Å². The number of thiazole rings is 1. The van der Waals surface area contributed by atoms with Crippen molar-refractivity contribution in [2.75, 3.05) is 11.9 Å². The molecule has 5 nitrogen and oxygen atoms in total. The smallest absolute Gasteiger partial charge is 0.282 e. The molecule has 0 aliphatic carbocycles. The average Bonchev–Trinajstić information content (AvgIpc) is 3.17. The largest absolute Gasteiger partial charge is 0.391 e. The molecule has 160 valence electrons. The summed E-state index contributed by atoms with van der Waals surface area (Å²) >= 11 is 0.951. The van der Waals surface area contributed by atoms with Crippen molar-refractivity contribution in [1.29, 1.82) is 0 Å². The number of para-hydroxylation sites is 1. The Hall–Kier alpha value is -3.39. The minimum absolute atomic E-state index is 0.0796. The molecule has 1 amide bonds. The van der Waals surface area contributed by atoms with E-state index in [9.17, 15) is 13.6 Å². The topological polar surface area (TPSA) is 63.6 Å². The van der Waals surface area contributed by atoms with Crippen LogP contribution < -0.4 is 5.32 Å². The number of rotatable bonds is 8. The summed E-state index contributed by atoms with van der Waals surface area (Å²) in [5.74, 6) is -0.604. The van der Waals surface area contributed by atoms with Gasteiger partial charge in [-0.15, -0.1) is 11.3 Å². The van der Waals surface area contributed by atoms with E-state index in [0.29, 0.717) is 17.3 Å². The molecule has 0 aliphatic rings. The molecule has 0 bridgehead atoms. The van der Waals surface area contributed by atoms with Gasteiger partial charge in [0.2, 0.25) is 0 Å². The van der Waals surface area contributed by atoms with Crippen LogP contribution in [0.4, 0.5) is 14.5 Å². The third kappa shape index (κ3) is 5.40. The molecule has 0 unspecified atom stereocenters. The Morgan fingerprint density at radius 2 is 1.97 bits per heavy atom. The zero-order chi connectivity index (χ0) is 22.4. The summed E-state index contributed by atoms with van der Waals surface area (Å²) in [5, 5.41) is 7.19. The van der Waals surface area contributed by atoms with Crippen LogP contribution >= 0.6 is 11.3 Å². The fraction of sp³-hybridized carbons (Fsp3) is 0.174. The molecule has 0 aliphatic heterocycles. The number of benzene rings is 2. The molecule has 8 heteroatoms. The molecule has 0 saturated carbocycles. The lowest BCUT2D eigenvalue weighted by molar-refractivity contribution is 0.101. The Bertz CT molecular complexity index is 1110. The van der Waals surface area contributed by atoms with Crippen LogP contribution in [0.25, 0.3) is 11.1 Å². The van der Waals surface area contributed by atoms with Crippen molar-refractivity contribution in [2.24, 2.45) is 5.16 Å². The molecule has 0 fully saturated rings. The monoisotopic (exact) mass is 441 g/mol. The minimum atomic E-state index is -2.81. The van der Waals surface area contributed by atoms with E-state index in [4.69, 9.17) is 4.84 Å². The third-order valence-corrected chi connectivity index (χ3v) is 5.34. The maximum atomic E-state index is 13.2. The van der Waals surface area contributed by atoms with Gasteiger partial charge >= 0.3 is 0 Å². The molecule has 1 aromatic heterocycles. The van der Waals surface area contributed by atoms with Crippen LogP contribution in [-0.4, -0.2) is 23.2 Å². The number of aryl methyl sites for hydroxylation is 1. The molecule has 31 heavy (non-hydrogen) atoms. The van der Waals surface area contributed by atoms with Crippen LogP contribution in [0.3, 0.4) is 0 Å². The molecule has 3 aromatic rings. The van der Waals surface area contributed by atoms with Gasteiger partial charge in [0.25, 0.3) is 12.3 Å². The molecule has 1 heterocycles. The fourth-order valence-corrected chi connectivity index (χ4v) is 3.73. The fourth-order valence-electron chi connectivity index (χ4n) is 2.91. The number of alkyl halides is 2. The highest BCUT2D eigenvalue weighted by molar-refractivity contribution is 7.13. The molecule has 1 N–H and O–H groups in total. The average molecular weight is 442 g/mol. The van der Waals surface area contributed by atoms with E-state index in [0.717, 1.165) is 33.7 Å². The number of oxime groups is 1. The Morgan fingerprint density at radius 1 is 1.26 bits per heavy atom. The van der Waals surface area contributed by atoms with Crippen LogP contribution in [0, 0.1) is 6.92 Å². The molecule has 0 saturated heterocycles. The lowest BCUT2D eigenvalue weighted by Gasteiger charge is -2.12. The van der Waals surface area contributed by atoms with E-state index in [1.807, 2.05) is 43.3 Å². The van der Waals surface area contributed by atoms with Gasteiger partial charge in [0.05, 0.1) is 10.7 Å². The number of hydrogen-bond acceptors (Lipinski definition) is 5. The predicted molar refractivity (Wildman–Crippen MR) is 120 cm³/mol. The van der Waals surface area contributed by atoms with Gasteiger partial charge < -0.3 is 10.2 Å². The van der Waals surface area contributed by atoms with Crippen molar-refractivity contribution in [3.05, 3.63) is 82.3 Å². The third-order valence-electron chi connectivity index (χ3n) is 4.36. The SMILES string of the molecule is C=CCO/N=C(/C)c1ccc(-c2ccccc2NC(=O)c2sc(C)nc2C(F)F)cc1. The Balaban J connectivity index is 1.85. The van der Waals surface area contributed by atoms with Crippen LogP contribution in [0.2, 0.25) is 0 Å². The Morgan fingerprint density at radius 3 is 2.65 bits per heavy atom. The van der Waals surface area contributed by atoms with E-state index in [2.05, 4.69) is 22.0 Å². The molecule has 0 radical (unpaired) electrons. The predicted octanol–water partition coefficient (Wildman–Crippen LogP) is 6.24. The number of aromatic nitrogens is 1. The van der Waals surface area contributed by atoms with Gasteiger partial charge in [-0.25, -0.2) is 13.8 Å². The first-order valence-corrected chi connectivity index (χ1v) is 10.3. The minimum Gasteiger partial charge on any atom is -0.391 e. The summed E-state index contributed by atoms with van der Waals surface area (Å²) in [7, 11) is 0. The maximum absolute atomic E-state index is 13.2. The highest BCUT2D eigenvalue weighted by atomic mass is 32.1. The first kappa shape index (κ1) is 22.3. The van der Waals surface area contributed by atoms with E-state index in [1.165, 1.54) is 0 Å². The summed E-state index contributed by atoms with van der Waals surface area (Å²) in [6.07, 6.45) is -1.20. The summed E-state index contributed by atoms with van der Waals surface area (Å²) in [4.78, 5) is 21.5. The van der Waals surface area contributed by atoms with Gasteiger partial charge in [-0.1, -0.05) is 60.3 Å². The zero-order valence-electron chi connectivity index (χ0n) is 17.1. The van der Waals surface area contributed by atoms with Gasteiger partial charge in [0.15, 0.2) is 0 Å². The van der Waals surface area contributed by atoms with Crippen LogP contribution in [0.5, 0.6) is 0 Å².